The average Bonchev–Trinajstić information content (AvgIpc) is 3.11. The summed E-state index contributed by atoms with van der Waals surface area (Å²) in [6.45, 7) is 1.44. The maximum absolute atomic E-state index is 12.7. The third kappa shape index (κ3) is 3.78. The Hall–Kier alpha value is -1.62. The van der Waals surface area contributed by atoms with Crippen molar-refractivity contribution in [1.29, 1.82) is 0 Å². The van der Waals surface area contributed by atoms with Crippen molar-refractivity contribution in [3.8, 4) is 0 Å². The minimum atomic E-state index is 0.223. The Bertz CT molecular complexity index is 831. The van der Waals surface area contributed by atoms with E-state index in [0.717, 1.165) is 23.9 Å². The predicted molar refractivity (Wildman–Crippen MR) is 113 cm³/mol. The minimum Gasteiger partial charge on any atom is -0.352 e. The lowest BCUT2D eigenvalue weighted by atomic mass is 9.48. The standard InChI is InChI=1S/C23H28BrN3O/c24-23-10-19-7-20(11-23)9-22(8-19,15-23)12-21(28)26-13-17-1-3-18(4-2-17)14-27-6-5-25-16-27/h1-6,16,19-20H,7-15H2,(H,26,28). The van der Waals surface area contributed by atoms with Crippen LogP contribution in [0.15, 0.2) is 43.0 Å². The fraction of sp³-hybridized carbons (Fsp3) is 0.565. The summed E-state index contributed by atoms with van der Waals surface area (Å²) < 4.78 is 2.38. The zero-order valence-electron chi connectivity index (χ0n) is 16.2. The lowest BCUT2D eigenvalue weighted by Crippen LogP contribution is -2.54. The summed E-state index contributed by atoms with van der Waals surface area (Å²) >= 11 is 4.05. The highest BCUT2D eigenvalue weighted by molar-refractivity contribution is 9.10. The molecule has 1 aromatic carbocycles. The molecule has 2 unspecified atom stereocenters. The second kappa shape index (κ2) is 7.01. The number of alkyl halides is 1. The number of amides is 1. The molecule has 5 heteroatoms. The molecule has 0 saturated heterocycles. The van der Waals surface area contributed by atoms with Crippen LogP contribution in [0.5, 0.6) is 0 Å². The number of halogens is 1. The summed E-state index contributed by atoms with van der Waals surface area (Å²) in [6, 6.07) is 8.50. The Labute approximate surface area is 175 Å². The summed E-state index contributed by atoms with van der Waals surface area (Å²) in [5.41, 5.74) is 2.64. The van der Waals surface area contributed by atoms with Crippen molar-refractivity contribution in [3.05, 3.63) is 54.1 Å². The van der Waals surface area contributed by atoms with Crippen LogP contribution in [0.2, 0.25) is 0 Å². The van der Waals surface area contributed by atoms with Crippen molar-refractivity contribution in [2.45, 2.75) is 62.4 Å². The van der Waals surface area contributed by atoms with Crippen LogP contribution in [-0.4, -0.2) is 19.8 Å². The molecule has 4 saturated carbocycles. The van der Waals surface area contributed by atoms with Crippen LogP contribution in [-0.2, 0) is 17.9 Å². The quantitative estimate of drug-likeness (QED) is 0.661. The van der Waals surface area contributed by atoms with Crippen LogP contribution in [0.3, 0.4) is 0 Å². The lowest BCUT2D eigenvalue weighted by Gasteiger charge is -2.60. The maximum Gasteiger partial charge on any atom is 0.220 e. The minimum absolute atomic E-state index is 0.223. The van der Waals surface area contributed by atoms with Crippen LogP contribution in [0.4, 0.5) is 0 Å². The van der Waals surface area contributed by atoms with Crippen molar-refractivity contribution in [2.24, 2.45) is 17.3 Å². The molecule has 6 rings (SSSR count). The molecule has 0 aliphatic heterocycles. The van der Waals surface area contributed by atoms with Gasteiger partial charge >= 0.3 is 0 Å². The first-order chi connectivity index (χ1) is 13.5. The van der Waals surface area contributed by atoms with Gasteiger partial charge in [0.15, 0.2) is 0 Å². The van der Waals surface area contributed by atoms with Gasteiger partial charge in [-0.05, 0) is 66.9 Å². The van der Waals surface area contributed by atoms with Gasteiger partial charge in [-0.15, -0.1) is 0 Å². The van der Waals surface area contributed by atoms with Crippen LogP contribution in [0.25, 0.3) is 0 Å². The van der Waals surface area contributed by atoms with Gasteiger partial charge in [-0.2, -0.15) is 0 Å². The van der Waals surface area contributed by atoms with Crippen molar-refractivity contribution in [1.82, 2.24) is 14.9 Å². The van der Waals surface area contributed by atoms with E-state index in [0.29, 0.717) is 17.3 Å². The maximum atomic E-state index is 12.7. The lowest BCUT2D eigenvalue weighted by molar-refractivity contribution is -0.128. The van der Waals surface area contributed by atoms with E-state index in [1.807, 2.05) is 12.5 Å². The van der Waals surface area contributed by atoms with Crippen LogP contribution < -0.4 is 5.32 Å². The average molecular weight is 442 g/mol. The molecule has 0 radical (unpaired) electrons. The number of rotatable bonds is 6. The molecular weight excluding hydrogens is 414 g/mol. The molecule has 4 bridgehead atoms. The Balaban J connectivity index is 1.16. The van der Waals surface area contributed by atoms with E-state index in [1.165, 1.54) is 44.1 Å². The molecule has 0 spiro atoms. The van der Waals surface area contributed by atoms with Gasteiger partial charge in [-0.25, -0.2) is 4.98 Å². The zero-order chi connectivity index (χ0) is 19.2. The third-order valence-corrected chi connectivity index (χ3v) is 8.01. The van der Waals surface area contributed by atoms with Crippen molar-refractivity contribution in [2.75, 3.05) is 0 Å². The molecule has 4 aliphatic rings. The molecule has 1 amide bonds. The molecular formula is C23H28BrN3O. The number of hydrogen-bond acceptors (Lipinski definition) is 2. The third-order valence-electron chi connectivity index (χ3n) is 7.08. The highest BCUT2D eigenvalue weighted by Gasteiger charge is 2.57. The highest BCUT2D eigenvalue weighted by Crippen LogP contribution is 2.65. The SMILES string of the molecule is O=C(CC12CC3CC(CC(Br)(C3)C1)C2)NCc1ccc(Cn2ccnc2)cc1. The molecule has 4 nitrogen and oxygen atoms in total. The van der Waals surface area contributed by atoms with Gasteiger partial charge in [0.05, 0.1) is 6.33 Å². The fourth-order valence-electron chi connectivity index (χ4n) is 6.50. The van der Waals surface area contributed by atoms with Gasteiger partial charge in [0.1, 0.15) is 0 Å². The van der Waals surface area contributed by atoms with Gasteiger partial charge in [0.25, 0.3) is 0 Å². The number of nitrogens with one attached hydrogen (secondary N) is 1. The molecule has 2 aromatic rings. The molecule has 4 fully saturated rings. The Kier molecular flexibility index (Phi) is 4.61. The molecule has 1 N–H and O–H groups in total. The van der Waals surface area contributed by atoms with E-state index >= 15 is 0 Å². The van der Waals surface area contributed by atoms with Crippen LogP contribution >= 0.6 is 15.9 Å². The second-order valence-corrected chi connectivity index (χ2v) is 11.3. The van der Waals surface area contributed by atoms with E-state index < -0.39 is 0 Å². The number of nitrogens with zero attached hydrogens (tertiary/aromatic N) is 2. The number of benzene rings is 1. The van der Waals surface area contributed by atoms with E-state index in [2.05, 4.69) is 55.1 Å². The van der Waals surface area contributed by atoms with Gasteiger partial charge in [-0.3, -0.25) is 4.79 Å². The number of aromatic nitrogens is 2. The van der Waals surface area contributed by atoms with E-state index in [4.69, 9.17) is 0 Å². The van der Waals surface area contributed by atoms with Crippen molar-refractivity contribution >= 4 is 21.8 Å². The monoisotopic (exact) mass is 441 g/mol. The summed E-state index contributed by atoms with van der Waals surface area (Å²) in [5.74, 6) is 1.88. The Morgan fingerprint density at radius 2 is 1.86 bits per heavy atom. The summed E-state index contributed by atoms with van der Waals surface area (Å²) in [6.07, 6.45) is 14.0. The first-order valence-corrected chi connectivity index (χ1v) is 11.3. The van der Waals surface area contributed by atoms with E-state index in [-0.39, 0.29) is 11.3 Å². The largest absolute Gasteiger partial charge is 0.352 e. The van der Waals surface area contributed by atoms with E-state index in [1.54, 1.807) is 6.20 Å². The van der Waals surface area contributed by atoms with Crippen molar-refractivity contribution < 1.29 is 4.79 Å². The molecule has 1 heterocycles. The Morgan fingerprint density at radius 3 is 2.50 bits per heavy atom. The molecule has 4 aliphatic carbocycles. The zero-order valence-corrected chi connectivity index (χ0v) is 17.8. The number of hydrogen-bond donors (Lipinski definition) is 1. The first kappa shape index (κ1) is 18.4. The molecule has 148 valence electrons. The van der Waals surface area contributed by atoms with Gasteiger partial charge in [-0.1, -0.05) is 40.2 Å². The number of imidazole rings is 1. The normalized spacial score (nSPS) is 33.2. The van der Waals surface area contributed by atoms with Gasteiger partial charge < -0.3 is 9.88 Å². The van der Waals surface area contributed by atoms with Gasteiger partial charge in [0, 0.05) is 36.2 Å². The summed E-state index contributed by atoms with van der Waals surface area (Å²) in [7, 11) is 0. The second-order valence-electron chi connectivity index (χ2n) is 9.62. The first-order valence-electron chi connectivity index (χ1n) is 10.5. The topological polar surface area (TPSA) is 46.9 Å². The summed E-state index contributed by atoms with van der Waals surface area (Å²) in [5, 5.41) is 3.18. The smallest absolute Gasteiger partial charge is 0.220 e. The number of carbonyl (C=O) groups excluding carboxylic acids is 1. The van der Waals surface area contributed by atoms with Crippen molar-refractivity contribution in [3.63, 3.8) is 0 Å². The summed E-state index contributed by atoms with van der Waals surface area (Å²) in [4.78, 5) is 16.8. The molecule has 2 atom stereocenters. The van der Waals surface area contributed by atoms with Gasteiger partial charge in [0.2, 0.25) is 5.91 Å². The number of carbonyl (C=O) groups is 1. The van der Waals surface area contributed by atoms with E-state index in [9.17, 15) is 4.79 Å². The molecule has 28 heavy (non-hydrogen) atoms. The Morgan fingerprint density at radius 1 is 1.14 bits per heavy atom. The highest BCUT2D eigenvalue weighted by atomic mass is 79.9. The van der Waals surface area contributed by atoms with Crippen LogP contribution in [0.1, 0.15) is 56.1 Å². The molecule has 1 aromatic heterocycles. The predicted octanol–water partition coefficient (Wildman–Crippen LogP) is 4.67. The fourth-order valence-corrected chi connectivity index (χ4v) is 8.01. The van der Waals surface area contributed by atoms with Crippen LogP contribution in [0, 0.1) is 17.3 Å².